The maximum absolute atomic E-state index is 13.0. The predicted octanol–water partition coefficient (Wildman–Crippen LogP) is 3.69. The molecule has 6 nitrogen and oxygen atoms in total. The molecular weight excluding hydrogens is 416 g/mol. The highest BCUT2D eigenvalue weighted by Crippen LogP contribution is 2.34. The molecule has 0 spiro atoms. The molecule has 1 N–H and O–H groups in total. The number of hydrogen-bond acceptors (Lipinski definition) is 5. The Morgan fingerprint density at radius 1 is 0.929 bits per heavy atom. The van der Waals surface area contributed by atoms with E-state index in [0.717, 1.165) is 16.9 Å². The van der Waals surface area contributed by atoms with Crippen molar-refractivity contribution in [1.29, 1.82) is 0 Å². The second kappa shape index (κ2) is 7.23. The van der Waals surface area contributed by atoms with Gasteiger partial charge in [0, 0.05) is 12.2 Å². The van der Waals surface area contributed by atoms with Gasteiger partial charge in [0.25, 0.3) is 20.0 Å². The van der Waals surface area contributed by atoms with Crippen LogP contribution in [-0.4, -0.2) is 23.4 Å². The number of nitrogens with zero attached hydrogens (tertiary/aromatic N) is 1. The smallest absolute Gasteiger partial charge is 0.271 e. The van der Waals surface area contributed by atoms with Crippen molar-refractivity contribution in [3.05, 3.63) is 71.6 Å². The average molecular weight is 435 g/mol. The number of hydrogen-bond donors (Lipinski definition) is 1. The number of fused-ring (bicyclic) bond motifs is 1. The number of benzene rings is 2. The second-order valence-electron chi connectivity index (χ2n) is 6.37. The molecule has 0 bridgehead atoms. The zero-order valence-electron chi connectivity index (χ0n) is 14.8. The van der Waals surface area contributed by atoms with Crippen molar-refractivity contribution in [2.75, 3.05) is 15.6 Å². The van der Waals surface area contributed by atoms with Crippen LogP contribution in [0.25, 0.3) is 0 Å². The summed E-state index contributed by atoms with van der Waals surface area (Å²) < 4.78 is 55.1. The van der Waals surface area contributed by atoms with Gasteiger partial charge in [-0.25, -0.2) is 16.8 Å². The Morgan fingerprint density at radius 3 is 2.43 bits per heavy atom. The number of aryl methyl sites for hydroxylation is 1. The van der Waals surface area contributed by atoms with Gasteiger partial charge in [0.15, 0.2) is 0 Å². The molecule has 3 aromatic rings. The van der Waals surface area contributed by atoms with E-state index in [0.29, 0.717) is 30.8 Å². The predicted molar refractivity (Wildman–Crippen MR) is 111 cm³/mol. The summed E-state index contributed by atoms with van der Waals surface area (Å²) >= 11 is 1.14. The van der Waals surface area contributed by atoms with Crippen molar-refractivity contribution in [1.82, 2.24) is 0 Å². The van der Waals surface area contributed by atoms with Gasteiger partial charge in [0.1, 0.15) is 4.21 Å². The molecule has 146 valence electrons. The Morgan fingerprint density at radius 2 is 1.71 bits per heavy atom. The number of rotatable bonds is 5. The van der Waals surface area contributed by atoms with E-state index in [1.54, 1.807) is 66.0 Å². The molecule has 2 heterocycles. The number of sulfonamides is 2. The molecular formula is C19H18N2O4S3. The largest absolute Gasteiger partial charge is 0.279 e. The van der Waals surface area contributed by atoms with Gasteiger partial charge in [-0.15, -0.1) is 11.3 Å². The van der Waals surface area contributed by atoms with Gasteiger partial charge in [-0.05, 0) is 60.2 Å². The van der Waals surface area contributed by atoms with Crippen LogP contribution in [0.15, 0.2) is 75.1 Å². The first-order valence-corrected chi connectivity index (χ1v) is 12.5. The lowest BCUT2D eigenvalue weighted by Gasteiger charge is -2.30. The summed E-state index contributed by atoms with van der Waals surface area (Å²) in [5.74, 6) is 0. The van der Waals surface area contributed by atoms with Crippen molar-refractivity contribution >= 4 is 42.8 Å². The lowest BCUT2D eigenvalue weighted by molar-refractivity contribution is 0.586. The second-order valence-corrected chi connectivity index (χ2v) is 11.1. The van der Waals surface area contributed by atoms with Gasteiger partial charge in [-0.2, -0.15) is 0 Å². The van der Waals surface area contributed by atoms with Gasteiger partial charge in [0.2, 0.25) is 0 Å². The summed E-state index contributed by atoms with van der Waals surface area (Å²) in [7, 11) is -7.31. The van der Waals surface area contributed by atoms with Gasteiger partial charge in [0.05, 0.1) is 10.6 Å². The highest BCUT2D eigenvalue weighted by molar-refractivity contribution is 7.94. The van der Waals surface area contributed by atoms with Crippen LogP contribution in [0.5, 0.6) is 0 Å². The Labute approximate surface area is 168 Å². The van der Waals surface area contributed by atoms with Crippen molar-refractivity contribution < 1.29 is 16.8 Å². The van der Waals surface area contributed by atoms with E-state index >= 15 is 0 Å². The van der Waals surface area contributed by atoms with Crippen molar-refractivity contribution in [3.63, 3.8) is 0 Å². The molecule has 0 atom stereocenters. The molecule has 1 aromatic heterocycles. The summed E-state index contributed by atoms with van der Waals surface area (Å²) in [6.45, 7) is 0.393. The number of nitrogens with one attached hydrogen (secondary N) is 1. The zero-order chi connectivity index (χ0) is 19.8. The summed E-state index contributed by atoms with van der Waals surface area (Å²) in [6.07, 6.45) is 1.35. The molecule has 1 aliphatic rings. The fourth-order valence-electron chi connectivity index (χ4n) is 3.22. The van der Waals surface area contributed by atoms with Gasteiger partial charge >= 0.3 is 0 Å². The minimum Gasteiger partial charge on any atom is -0.279 e. The third-order valence-electron chi connectivity index (χ3n) is 4.50. The monoisotopic (exact) mass is 434 g/mol. The summed E-state index contributed by atoms with van der Waals surface area (Å²) in [5.41, 5.74) is 1.82. The van der Waals surface area contributed by atoms with Gasteiger partial charge in [-0.1, -0.05) is 24.3 Å². The maximum Gasteiger partial charge on any atom is 0.271 e. The molecule has 0 aliphatic carbocycles. The van der Waals surface area contributed by atoms with Crippen LogP contribution < -0.4 is 9.03 Å². The summed E-state index contributed by atoms with van der Waals surface area (Å²) in [6, 6.07) is 16.5. The summed E-state index contributed by atoms with van der Waals surface area (Å²) in [4.78, 5) is 0.241. The quantitative estimate of drug-likeness (QED) is 0.664. The van der Waals surface area contributed by atoms with Crippen LogP contribution >= 0.6 is 11.3 Å². The number of thiophene rings is 1. The van der Waals surface area contributed by atoms with Crippen LogP contribution in [-0.2, 0) is 26.5 Å². The minimum atomic E-state index is -3.66. The van der Waals surface area contributed by atoms with Crippen LogP contribution in [0, 0.1) is 0 Å². The first kappa shape index (κ1) is 19.0. The Kier molecular flexibility index (Phi) is 4.90. The van der Waals surface area contributed by atoms with Crippen LogP contribution in [0.4, 0.5) is 11.4 Å². The third-order valence-corrected chi connectivity index (χ3v) is 9.11. The highest BCUT2D eigenvalue weighted by Gasteiger charge is 2.29. The topological polar surface area (TPSA) is 83.6 Å². The fraction of sp³-hybridized carbons (Fsp3) is 0.158. The van der Waals surface area contributed by atoms with Crippen LogP contribution in [0.3, 0.4) is 0 Å². The average Bonchev–Trinajstić information content (AvgIpc) is 3.23. The molecule has 0 saturated carbocycles. The molecule has 0 unspecified atom stereocenters. The standard InChI is InChI=1S/C19H18N2O4S3/c22-27(23,19-9-5-13-26-19)20-16-10-11-18-15(14-16)6-4-12-21(18)28(24,25)17-7-2-1-3-8-17/h1-3,5,7-11,13-14,20H,4,6,12H2. The molecule has 0 radical (unpaired) electrons. The molecule has 0 fully saturated rings. The van der Waals surface area contributed by atoms with Gasteiger partial charge in [-0.3, -0.25) is 9.03 Å². The molecule has 0 amide bonds. The molecule has 4 rings (SSSR count). The Balaban J connectivity index is 1.67. The number of anilines is 2. The first-order chi connectivity index (χ1) is 13.4. The minimum absolute atomic E-state index is 0.235. The first-order valence-electron chi connectivity index (χ1n) is 8.65. The maximum atomic E-state index is 13.0. The van der Waals surface area contributed by atoms with E-state index in [2.05, 4.69) is 4.72 Å². The van der Waals surface area contributed by atoms with E-state index < -0.39 is 20.0 Å². The molecule has 28 heavy (non-hydrogen) atoms. The van der Waals surface area contributed by atoms with E-state index in [4.69, 9.17) is 0 Å². The van der Waals surface area contributed by atoms with Crippen LogP contribution in [0.2, 0.25) is 0 Å². The Hall–Kier alpha value is -2.36. The van der Waals surface area contributed by atoms with E-state index in [1.165, 1.54) is 4.31 Å². The van der Waals surface area contributed by atoms with E-state index in [1.807, 2.05) is 0 Å². The van der Waals surface area contributed by atoms with Crippen molar-refractivity contribution in [2.24, 2.45) is 0 Å². The molecule has 9 heteroatoms. The van der Waals surface area contributed by atoms with Gasteiger partial charge < -0.3 is 0 Å². The molecule has 0 saturated heterocycles. The van der Waals surface area contributed by atoms with Crippen molar-refractivity contribution in [2.45, 2.75) is 21.9 Å². The lowest BCUT2D eigenvalue weighted by Crippen LogP contribution is -2.35. The Bertz CT molecular complexity index is 1190. The lowest BCUT2D eigenvalue weighted by atomic mass is 10.0. The fourth-order valence-corrected chi connectivity index (χ4v) is 6.82. The normalized spacial score (nSPS) is 14.5. The zero-order valence-corrected chi connectivity index (χ0v) is 17.2. The summed E-state index contributed by atoms with van der Waals surface area (Å²) in [5, 5.41) is 1.70. The van der Waals surface area contributed by atoms with Crippen LogP contribution in [0.1, 0.15) is 12.0 Å². The van der Waals surface area contributed by atoms with Crippen molar-refractivity contribution in [3.8, 4) is 0 Å². The van der Waals surface area contributed by atoms with E-state index in [-0.39, 0.29) is 9.10 Å². The highest BCUT2D eigenvalue weighted by atomic mass is 32.2. The molecule has 1 aliphatic heterocycles. The van der Waals surface area contributed by atoms with E-state index in [9.17, 15) is 16.8 Å². The third kappa shape index (κ3) is 3.52. The SMILES string of the molecule is O=S(=O)(Nc1ccc2c(c1)CCCN2S(=O)(=O)c1ccccc1)c1cccs1. The molecule has 2 aromatic carbocycles.